The number of halogens is 3. The molecule has 0 atom stereocenters. The van der Waals surface area contributed by atoms with E-state index in [4.69, 9.17) is 0 Å². The van der Waals surface area contributed by atoms with Gasteiger partial charge >= 0.3 is 15.6 Å². The summed E-state index contributed by atoms with van der Waals surface area (Å²) in [6.45, 7) is 0. The standard InChI is InChI=1S/C11H12F3NO6S2/c1-22(17,18)15-10(16)7-6-8-4-2-3-5-9(8)21-23(19,20)11(12,13)14/h2-5H,6-7H2,1H3,(H,15,16). The number of hydrogen-bond acceptors (Lipinski definition) is 6. The van der Waals surface area contributed by atoms with Crippen molar-refractivity contribution in [2.45, 2.75) is 18.3 Å². The van der Waals surface area contributed by atoms with E-state index >= 15 is 0 Å². The van der Waals surface area contributed by atoms with Crippen LogP contribution in [0.1, 0.15) is 12.0 Å². The van der Waals surface area contributed by atoms with Crippen molar-refractivity contribution in [3.63, 3.8) is 0 Å². The lowest BCUT2D eigenvalue weighted by atomic mass is 10.1. The molecule has 0 bridgehead atoms. The lowest BCUT2D eigenvalue weighted by Gasteiger charge is -2.12. The van der Waals surface area contributed by atoms with Crippen LogP contribution in [-0.4, -0.2) is 34.5 Å². The molecular weight excluding hydrogens is 363 g/mol. The minimum atomic E-state index is -5.84. The molecule has 0 aliphatic heterocycles. The van der Waals surface area contributed by atoms with Gasteiger partial charge in [0.05, 0.1) is 6.26 Å². The molecule has 1 aromatic rings. The lowest BCUT2D eigenvalue weighted by Crippen LogP contribution is -2.30. The third-order valence-electron chi connectivity index (χ3n) is 2.38. The fourth-order valence-electron chi connectivity index (χ4n) is 1.46. The van der Waals surface area contributed by atoms with E-state index in [0.29, 0.717) is 0 Å². The fourth-order valence-corrected chi connectivity index (χ4v) is 2.47. The number of carbonyl (C=O) groups excluding carboxylic acids is 1. The highest BCUT2D eigenvalue weighted by molar-refractivity contribution is 7.89. The molecule has 0 spiro atoms. The highest BCUT2D eigenvalue weighted by Gasteiger charge is 2.48. The van der Waals surface area contributed by atoms with Crippen LogP contribution in [0.15, 0.2) is 24.3 Å². The van der Waals surface area contributed by atoms with E-state index in [1.165, 1.54) is 18.2 Å². The van der Waals surface area contributed by atoms with Gasteiger partial charge in [-0.2, -0.15) is 21.6 Å². The molecule has 12 heteroatoms. The molecule has 1 rings (SSSR count). The predicted octanol–water partition coefficient (Wildman–Crippen LogP) is 0.923. The molecule has 0 radical (unpaired) electrons. The molecule has 1 N–H and O–H groups in total. The van der Waals surface area contributed by atoms with Crippen LogP contribution in [0.5, 0.6) is 5.75 Å². The summed E-state index contributed by atoms with van der Waals surface area (Å²) in [5.41, 5.74) is -5.59. The van der Waals surface area contributed by atoms with Gasteiger partial charge in [-0.3, -0.25) is 9.52 Å². The quantitative estimate of drug-likeness (QED) is 0.585. The SMILES string of the molecule is CS(=O)(=O)NC(=O)CCc1ccccc1OS(=O)(=O)C(F)(F)F. The molecule has 1 amide bonds. The summed E-state index contributed by atoms with van der Waals surface area (Å²) >= 11 is 0. The zero-order valence-electron chi connectivity index (χ0n) is 11.6. The van der Waals surface area contributed by atoms with Crippen LogP contribution >= 0.6 is 0 Å². The molecule has 0 saturated carbocycles. The van der Waals surface area contributed by atoms with Gasteiger partial charge in [-0.15, -0.1) is 0 Å². The van der Waals surface area contributed by atoms with Gasteiger partial charge in [0.15, 0.2) is 0 Å². The Morgan fingerprint density at radius 2 is 1.74 bits per heavy atom. The topological polar surface area (TPSA) is 107 Å². The maximum absolute atomic E-state index is 12.3. The molecule has 130 valence electrons. The Morgan fingerprint density at radius 1 is 1.17 bits per heavy atom. The van der Waals surface area contributed by atoms with Crippen LogP contribution in [-0.2, 0) is 31.4 Å². The maximum Gasteiger partial charge on any atom is 0.534 e. The van der Waals surface area contributed by atoms with E-state index in [1.54, 1.807) is 4.72 Å². The largest absolute Gasteiger partial charge is 0.534 e. The van der Waals surface area contributed by atoms with Crippen LogP contribution < -0.4 is 8.91 Å². The second-order valence-corrected chi connectivity index (χ2v) is 7.67. The Labute approximate surface area is 130 Å². The summed E-state index contributed by atoms with van der Waals surface area (Å²) in [5, 5.41) is 0. The predicted molar refractivity (Wildman–Crippen MR) is 73.4 cm³/mol. The lowest BCUT2D eigenvalue weighted by molar-refractivity contribution is -0.119. The molecule has 1 aromatic carbocycles. The smallest absolute Gasteiger partial charge is 0.376 e. The van der Waals surface area contributed by atoms with Crippen LogP contribution in [0.4, 0.5) is 13.2 Å². The highest BCUT2D eigenvalue weighted by atomic mass is 32.2. The number of nitrogens with one attached hydrogen (secondary N) is 1. The van der Waals surface area contributed by atoms with E-state index in [2.05, 4.69) is 4.18 Å². The van der Waals surface area contributed by atoms with Crippen molar-refractivity contribution in [3.05, 3.63) is 29.8 Å². The Kier molecular flexibility index (Phi) is 5.64. The number of rotatable bonds is 6. The minimum Gasteiger partial charge on any atom is -0.376 e. The van der Waals surface area contributed by atoms with Crippen LogP contribution in [0.2, 0.25) is 0 Å². The maximum atomic E-state index is 12.3. The van der Waals surface area contributed by atoms with Gasteiger partial charge in [-0.1, -0.05) is 18.2 Å². The Balaban J connectivity index is 2.89. The van der Waals surface area contributed by atoms with Gasteiger partial charge in [0, 0.05) is 6.42 Å². The molecule has 7 nitrogen and oxygen atoms in total. The third-order valence-corrected chi connectivity index (χ3v) is 3.94. The monoisotopic (exact) mass is 375 g/mol. The Bertz CT molecular complexity index is 786. The van der Waals surface area contributed by atoms with Crippen molar-refractivity contribution < 1.29 is 39.0 Å². The number of para-hydroxylation sites is 1. The van der Waals surface area contributed by atoms with Crippen molar-refractivity contribution in [1.29, 1.82) is 0 Å². The average molecular weight is 375 g/mol. The van der Waals surface area contributed by atoms with Gasteiger partial charge in [-0.05, 0) is 18.1 Å². The molecule has 0 aliphatic rings. The number of aryl methyl sites for hydroxylation is 1. The Morgan fingerprint density at radius 3 is 2.26 bits per heavy atom. The first kappa shape index (κ1) is 19.2. The summed E-state index contributed by atoms with van der Waals surface area (Å²) < 4.78 is 86.3. The van der Waals surface area contributed by atoms with Crippen molar-refractivity contribution >= 4 is 26.0 Å². The molecule has 0 saturated heterocycles. The first-order chi connectivity index (χ1) is 10.3. The van der Waals surface area contributed by atoms with E-state index in [-0.39, 0.29) is 18.4 Å². The molecule has 0 unspecified atom stereocenters. The van der Waals surface area contributed by atoms with Gasteiger partial charge in [-0.25, -0.2) is 8.42 Å². The summed E-state index contributed by atoms with van der Waals surface area (Å²) in [7, 11) is -9.60. The molecule has 0 fully saturated rings. The molecule has 0 heterocycles. The van der Waals surface area contributed by atoms with Gasteiger partial charge in [0.2, 0.25) is 15.9 Å². The van der Waals surface area contributed by atoms with E-state index in [0.717, 1.165) is 12.3 Å². The molecule has 0 aromatic heterocycles. The van der Waals surface area contributed by atoms with Gasteiger partial charge in [0.25, 0.3) is 0 Å². The van der Waals surface area contributed by atoms with Gasteiger partial charge in [0.1, 0.15) is 5.75 Å². The number of carbonyl (C=O) groups is 1. The van der Waals surface area contributed by atoms with Crippen LogP contribution in [0.25, 0.3) is 0 Å². The second kappa shape index (κ2) is 6.74. The van der Waals surface area contributed by atoms with E-state index in [1.807, 2.05) is 0 Å². The number of hydrogen-bond donors (Lipinski definition) is 1. The zero-order valence-corrected chi connectivity index (χ0v) is 13.3. The van der Waals surface area contributed by atoms with E-state index in [9.17, 15) is 34.8 Å². The number of benzene rings is 1. The van der Waals surface area contributed by atoms with E-state index < -0.39 is 37.3 Å². The van der Waals surface area contributed by atoms with Crippen LogP contribution in [0, 0.1) is 0 Å². The van der Waals surface area contributed by atoms with Crippen molar-refractivity contribution in [3.8, 4) is 5.75 Å². The molecule has 23 heavy (non-hydrogen) atoms. The zero-order chi connectivity index (χ0) is 17.9. The summed E-state index contributed by atoms with van der Waals surface area (Å²) in [6, 6.07) is 4.90. The fraction of sp³-hybridized carbons (Fsp3) is 0.364. The number of alkyl halides is 3. The van der Waals surface area contributed by atoms with Crippen LogP contribution in [0.3, 0.4) is 0 Å². The highest BCUT2D eigenvalue weighted by Crippen LogP contribution is 2.29. The minimum absolute atomic E-state index is 0.00368. The first-order valence-electron chi connectivity index (χ1n) is 5.91. The number of sulfonamides is 1. The van der Waals surface area contributed by atoms with Crippen molar-refractivity contribution in [1.82, 2.24) is 4.72 Å². The average Bonchev–Trinajstić information content (AvgIpc) is 2.34. The Hall–Kier alpha value is -1.82. The number of amides is 1. The van der Waals surface area contributed by atoms with Crippen molar-refractivity contribution in [2.24, 2.45) is 0 Å². The summed E-state index contributed by atoms with van der Waals surface area (Å²) in [5.74, 6) is -1.47. The molecular formula is C11H12F3NO6S2. The van der Waals surface area contributed by atoms with Gasteiger partial charge < -0.3 is 4.18 Å². The van der Waals surface area contributed by atoms with Crippen molar-refractivity contribution in [2.75, 3.05) is 6.26 Å². The first-order valence-corrected chi connectivity index (χ1v) is 9.21. The molecule has 0 aliphatic carbocycles. The third kappa shape index (κ3) is 6.06. The summed E-state index contributed by atoms with van der Waals surface area (Å²) in [4.78, 5) is 11.4. The normalized spacial score (nSPS) is 12.7. The second-order valence-electron chi connectivity index (χ2n) is 4.39. The summed E-state index contributed by atoms with van der Waals surface area (Å²) in [6.07, 6.45) is 0.155.